The SMILES string of the molecule is CCC(N)C(=O)N(Cc1ccccc1)C(C)C. The van der Waals surface area contributed by atoms with Gasteiger partial charge in [0.1, 0.15) is 0 Å². The monoisotopic (exact) mass is 234 g/mol. The normalized spacial score (nSPS) is 12.5. The predicted molar refractivity (Wildman–Crippen MR) is 70.4 cm³/mol. The van der Waals surface area contributed by atoms with Crippen molar-refractivity contribution in [1.29, 1.82) is 0 Å². The van der Waals surface area contributed by atoms with Crippen LogP contribution < -0.4 is 5.73 Å². The van der Waals surface area contributed by atoms with Gasteiger partial charge in [-0.2, -0.15) is 0 Å². The van der Waals surface area contributed by atoms with Gasteiger partial charge in [0.05, 0.1) is 6.04 Å². The molecular formula is C14H22N2O. The van der Waals surface area contributed by atoms with Crippen LogP contribution in [-0.2, 0) is 11.3 Å². The van der Waals surface area contributed by atoms with Crippen molar-refractivity contribution in [3.63, 3.8) is 0 Å². The zero-order chi connectivity index (χ0) is 12.8. The number of rotatable bonds is 5. The molecule has 1 amide bonds. The molecule has 3 heteroatoms. The number of hydrogen-bond acceptors (Lipinski definition) is 2. The topological polar surface area (TPSA) is 46.3 Å². The molecule has 0 saturated heterocycles. The largest absolute Gasteiger partial charge is 0.335 e. The lowest BCUT2D eigenvalue weighted by molar-refractivity contribution is -0.135. The number of hydrogen-bond donors (Lipinski definition) is 1. The minimum Gasteiger partial charge on any atom is -0.335 e. The Bertz CT molecular complexity index is 348. The molecule has 0 radical (unpaired) electrons. The van der Waals surface area contributed by atoms with Crippen molar-refractivity contribution in [1.82, 2.24) is 4.90 Å². The van der Waals surface area contributed by atoms with Gasteiger partial charge in [-0.1, -0.05) is 37.3 Å². The van der Waals surface area contributed by atoms with Crippen molar-refractivity contribution < 1.29 is 4.79 Å². The van der Waals surface area contributed by atoms with Crippen LogP contribution in [0.2, 0.25) is 0 Å². The maximum absolute atomic E-state index is 12.1. The van der Waals surface area contributed by atoms with Crippen molar-refractivity contribution in [2.75, 3.05) is 0 Å². The standard InChI is InChI=1S/C14H22N2O/c1-4-13(15)14(17)16(11(2)3)10-12-8-6-5-7-9-12/h5-9,11,13H,4,10,15H2,1-3H3. The third-order valence-electron chi connectivity index (χ3n) is 2.86. The molecule has 0 heterocycles. The third kappa shape index (κ3) is 3.86. The fraction of sp³-hybridized carbons (Fsp3) is 0.500. The maximum atomic E-state index is 12.1. The number of nitrogens with two attached hydrogens (primary N) is 1. The van der Waals surface area contributed by atoms with E-state index >= 15 is 0 Å². The van der Waals surface area contributed by atoms with Crippen LogP contribution in [0.15, 0.2) is 30.3 Å². The van der Waals surface area contributed by atoms with Crippen molar-refractivity contribution in [2.24, 2.45) is 5.73 Å². The van der Waals surface area contributed by atoms with Crippen LogP contribution in [0.5, 0.6) is 0 Å². The highest BCUT2D eigenvalue weighted by molar-refractivity contribution is 5.81. The Balaban J connectivity index is 2.77. The zero-order valence-electron chi connectivity index (χ0n) is 10.9. The van der Waals surface area contributed by atoms with Gasteiger partial charge in [0.2, 0.25) is 5.91 Å². The van der Waals surface area contributed by atoms with E-state index in [1.165, 1.54) is 0 Å². The molecule has 0 aliphatic rings. The lowest BCUT2D eigenvalue weighted by atomic mass is 10.1. The van der Waals surface area contributed by atoms with Gasteiger partial charge in [-0.25, -0.2) is 0 Å². The van der Waals surface area contributed by atoms with E-state index in [1.54, 1.807) is 0 Å². The zero-order valence-corrected chi connectivity index (χ0v) is 10.9. The van der Waals surface area contributed by atoms with E-state index in [-0.39, 0.29) is 18.0 Å². The summed E-state index contributed by atoms with van der Waals surface area (Å²) in [6, 6.07) is 9.78. The van der Waals surface area contributed by atoms with E-state index in [4.69, 9.17) is 5.73 Å². The minimum absolute atomic E-state index is 0.0337. The summed E-state index contributed by atoms with van der Waals surface area (Å²) < 4.78 is 0. The van der Waals surface area contributed by atoms with E-state index in [2.05, 4.69) is 0 Å². The first-order valence-electron chi connectivity index (χ1n) is 6.16. The molecule has 0 bridgehead atoms. The minimum atomic E-state index is -0.388. The summed E-state index contributed by atoms with van der Waals surface area (Å²) >= 11 is 0. The summed E-state index contributed by atoms with van der Waals surface area (Å²) in [5.74, 6) is 0.0337. The van der Waals surface area contributed by atoms with E-state index in [0.717, 1.165) is 5.56 Å². The average molecular weight is 234 g/mol. The highest BCUT2D eigenvalue weighted by Crippen LogP contribution is 2.10. The number of carbonyl (C=O) groups is 1. The smallest absolute Gasteiger partial charge is 0.240 e. The second-order valence-electron chi connectivity index (χ2n) is 4.56. The fourth-order valence-corrected chi connectivity index (χ4v) is 1.68. The summed E-state index contributed by atoms with van der Waals surface area (Å²) in [6.07, 6.45) is 0.677. The Hall–Kier alpha value is -1.35. The van der Waals surface area contributed by atoms with Crippen molar-refractivity contribution in [3.05, 3.63) is 35.9 Å². The first-order chi connectivity index (χ1) is 8.06. The molecule has 1 aromatic carbocycles. The quantitative estimate of drug-likeness (QED) is 0.848. The van der Waals surface area contributed by atoms with Crippen LogP contribution in [0.4, 0.5) is 0 Å². The molecule has 0 saturated carbocycles. The van der Waals surface area contributed by atoms with Crippen LogP contribution in [0.1, 0.15) is 32.8 Å². The molecule has 0 fully saturated rings. The van der Waals surface area contributed by atoms with Gasteiger partial charge >= 0.3 is 0 Å². The number of carbonyl (C=O) groups excluding carboxylic acids is 1. The van der Waals surface area contributed by atoms with Gasteiger partial charge in [-0.3, -0.25) is 4.79 Å². The van der Waals surface area contributed by atoms with Crippen molar-refractivity contribution in [2.45, 2.75) is 45.8 Å². The Morgan fingerprint density at radius 2 is 1.88 bits per heavy atom. The molecule has 0 aromatic heterocycles. The van der Waals surface area contributed by atoms with Gasteiger partial charge < -0.3 is 10.6 Å². The summed E-state index contributed by atoms with van der Waals surface area (Å²) in [7, 11) is 0. The Kier molecular flexibility index (Phi) is 5.16. The van der Waals surface area contributed by atoms with Crippen LogP contribution in [0.3, 0.4) is 0 Å². The number of amides is 1. The van der Waals surface area contributed by atoms with Gasteiger partial charge in [0.15, 0.2) is 0 Å². The van der Waals surface area contributed by atoms with Crippen molar-refractivity contribution >= 4 is 5.91 Å². The predicted octanol–water partition coefficient (Wildman–Crippen LogP) is 2.16. The highest BCUT2D eigenvalue weighted by Gasteiger charge is 2.21. The molecule has 0 aliphatic carbocycles. The highest BCUT2D eigenvalue weighted by atomic mass is 16.2. The third-order valence-corrected chi connectivity index (χ3v) is 2.86. The van der Waals surface area contributed by atoms with Gasteiger partial charge in [-0.05, 0) is 25.8 Å². The lowest BCUT2D eigenvalue weighted by Crippen LogP contribution is -2.46. The van der Waals surface area contributed by atoms with E-state index in [1.807, 2.05) is 56.0 Å². The van der Waals surface area contributed by atoms with Crippen LogP contribution in [0.25, 0.3) is 0 Å². The van der Waals surface area contributed by atoms with Gasteiger partial charge in [-0.15, -0.1) is 0 Å². The molecule has 1 unspecified atom stereocenters. The Labute approximate surface area is 104 Å². The summed E-state index contributed by atoms with van der Waals surface area (Å²) in [5.41, 5.74) is 6.95. The molecule has 1 atom stereocenters. The fourth-order valence-electron chi connectivity index (χ4n) is 1.68. The molecule has 2 N–H and O–H groups in total. The van der Waals surface area contributed by atoms with E-state index in [9.17, 15) is 4.79 Å². The average Bonchev–Trinajstić information content (AvgIpc) is 2.35. The van der Waals surface area contributed by atoms with Crippen molar-refractivity contribution in [3.8, 4) is 0 Å². The molecule has 94 valence electrons. The Morgan fingerprint density at radius 1 is 1.29 bits per heavy atom. The molecular weight excluding hydrogens is 212 g/mol. The Morgan fingerprint density at radius 3 is 2.35 bits per heavy atom. The van der Waals surface area contributed by atoms with E-state index in [0.29, 0.717) is 13.0 Å². The molecule has 17 heavy (non-hydrogen) atoms. The second kappa shape index (κ2) is 6.40. The summed E-state index contributed by atoms with van der Waals surface area (Å²) in [6.45, 7) is 6.60. The molecule has 1 aromatic rings. The van der Waals surface area contributed by atoms with E-state index < -0.39 is 0 Å². The van der Waals surface area contributed by atoms with Crippen LogP contribution >= 0.6 is 0 Å². The molecule has 1 rings (SSSR count). The molecule has 0 spiro atoms. The lowest BCUT2D eigenvalue weighted by Gasteiger charge is -2.29. The molecule has 3 nitrogen and oxygen atoms in total. The molecule has 0 aliphatic heterocycles. The van der Waals surface area contributed by atoms with Crippen LogP contribution in [-0.4, -0.2) is 22.9 Å². The summed E-state index contributed by atoms with van der Waals surface area (Å²) in [5, 5.41) is 0. The first kappa shape index (κ1) is 13.7. The number of nitrogens with zero attached hydrogens (tertiary/aromatic N) is 1. The second-order valence-corrected chi connectivity index (χ2v) is 4.56. The number of benzene rings is 1. The first-order valence-corrected chi connectivity index (χ1v) is 6.16. The maximum Gasteiger partial charge on any atom is 0.240 e. The van der Waals surface area contributed by atoms with Gasteiger partial charge in [0, 0.05) is 12.6 Å². The summed E-state index contributed by atoms with van der Waals surface area (Å²) in [4.78, 5) is 14.0. The van der Waals surface area contributed by atoms with Crippen LogP contribution in [0, 0.1) is 0 Å². The van der Waals surface area contributed by atoms with Gasteiger partial charge in [0.25, 0.3) is 0 Å².